The molecule has 0 aliphatic carbocycles. The van der Waals surface area contributed by atoms with Gasteiger partial charge in [-0.25, -0.2) is 6.57 Å². The van der Waals surface area contributed by atoms with Crippen LogP contribution in [0.15, 0.2) is 121 Å². The minimum Gasteiger partial charge on any atom is -0.404 e. The first-order valence-corrected chi connectivity index (χ1v) is 32.3. The fourth-order valence-electron chi connectivity index (χ4n) is 10.7. The van der Waals surface area contributed by atoms with Crippen LogP contribution in [0.4, 0.5) is 0 Å². The molecule has 2 unspecified atom stereocenters. The van der Waals surface area contributed by atoms with Crippen LogP contribution in [0, 0.1) is 6.57 Å². The van der Waals surface area contributed by atoms with Gasteiger partial charge in [-0.3, -0.25) is 0 Å². The number of hydrogen-bond acceptors (Lipinski definition) is 3. The maximum Gasteiger partial charge on any atom is 0.261 e. The molecule has 0 saturated heterocycles. The number of unbranched alkanes of at least 4 members (excludes halogenated alkanes) is 20. The predicted molar refractivity (Wildman–Crippen MR) is 312 cm³/mol. The Labute approximate surface area is 433 Å². The maximum atomic E-state index is 7.62. The fraction of sp³-hybridized carbons (Fsp3) is 0.609. The summed E-state index contributed by atoms with van der Waals surface area (Å²) in [6.45, 7) is 27.4. The van der Waals surface area contributed by atoms with Gasteiger partial charge in [-0.1, -0.05) is 318 Å². The molecule has 4 nitrogen and oxygen atoms in total. The Bertz CT molecular complexity index is 1810. The first-order chi connectivity index (χ1) is 33.9. The van der Waals surface area contributed by atoms with Crippen LogP contribution in [0.5, 0.6) is 0 Å². The van der Waals surface area contributed by atoms with Gasteiger partial charge in [0.05, 0.1) is 0 Å². The number of nitrogens with zero attached hydrogens (tertiary/aromatic N) is 1. The largest absolute Gasteiger partial charge is 0.404 e. The first kappa shape index (κ1) is 61.0. The van der Waals surface area contributed by atoms with E-state index in [-0.39, 0.29) is 22.3 Å². The molecular weight excluding hydrogens is 885 g/mol. The Morgan fingerprint density at radius 1 is 0.400 bits per heavy atom. The first-order valence-electron chi connectivity index (χ1n) is 28.5. The second-order valence-corrected chi connectivity index (χ2v) is 30.9. The molecule has 0 aliphatic rings. The summed E-state index contributed by atoms with van der Waals surface area (Å²) in [6, 6.07) is 43.6. The summed E-state index contributed by atoms with van der Waals surface area (Å²) < 4.78 is 14.6. The zero-order chi connectivity index (χ0) is 50.8. The van der Waals surface area contributed by atoms with E-state index in [0.29, 0.717) is 13.1 Å². The van der Waals surface area contributed by atoms with Gasteiger partial charge in [0.15, 0.2) is 0 Å². The van der Waals surface area contributed by atoms with Crippen LogP contribution in [-0.4, -0.2) is 41.9 Å². The topological polar surface area (TPSA) is 48.8 Å². The van der Waals surface area contributed by atoms with Crippen molar-refractivity contribution in [2.45, 2.75) is 238 Å². The zero-order valence-corrected chi connectivity index (χ0v) is 48.1. The van der Waals surface area contributed by atoms with Crippen LogP contribution in [-0.2, 0) is 8.85 Å². The van der Waals surface area contributed by atoms with Crippen molar-refractivity contribution in [1.29, 1.82) is 0 Å². The van der Waals surface area contributed by atoms with Crippen LogP contribution >= 0.6 is 0 Å². The van der Waals surface area contributed by atoms with E-state index in [0.717, 1.165) is 25.7 Å². The standard InChI is InChI=1S/C32H49NOSi.C32H53NOSi/c1-6-7-8-9-10-11-12-13-14-15-18-23-29(28-33-5)34-35(32(2,3)4,30-24-19-16-20-25-30)31-26-21-17-22-27-31;1-5-6-7-8-9-10-11-12-13-14-17-22-29(27-28-33)34-35(32(2,3)4,30-23-18-15-19-24-30)31-25-20-16-21-26-31/h16-17,19-22,24-27,29H,6-15,18,23,28H2,1-4H3;15-16,18-21,23-26,29H,5-14,17,22,27-28,33H2,1-4H3. The fourth-order valence-corrected chi connectivity index (χ4v) is 20.2. The molecule has 0 aliphatic heterocycles. The lowest BCUT2D eigenvalue weighted by Crippen LogP contribution is -2.67. The van der Waals surface area contributed by atoms with Crippen LogP contribution in [0.2, 0.25) is 10.1 Å². The van der Waals surface area contributed by atoms with Crippen molar-refractivity contribution >= 4 is 37.4 Å². The molecule has 0 saturated carbocycles. The SMILES string of the molecule is CCCCCCCCCCCCCC(CCN)O[Si](c1ccccc1)(c1ccccc1)C(C)(C)C.[C-]#[N+]CC(CCCCCCCCCCCCC)O[Si](c1ccccc1)(c1ccccc1)C(C)(C)C. The molecule has 0 bridgehead atoms. The quantitative estimate of drug-likeness (QED) is 0.0284. The van der Waals surface area contributed by atoms with Gasteiger partial charge < -0.3 is 19.4 Å². The van der Waals surface area contributed by atoms with E-state index in [2.05, 4.69) is 182 Å². The van der Waals surface area contributed by atoms with Crippen molar-refractivity contribution in [3.63, 3.8) is 0 Å². The van der Waals surface area contributed by atoms with Gasteiger partial charge in [0.25, 0.3) is 16.6 Å². The Kier molecular flexibility index (Phi) is 30.4. The molecule has 2 N–H and O–H groups in total. The van der Waals surface area contributed by atoms with Crippen LogP contribution < -0.4 is 26.5 Å². The van der Waals surface area contributed by atoms with Gasteiger partial charge in [0, 0.05) is 6.10 Å². The van der Waals surface area contributed by atoms with E-state index in [1.807, 2.05) is 0 Å². The summed E-state index contributed by atoms with van der Waals surface area (Å²) >= 11 is 0. The number of rotatable bonds is 35. The van der Waals surface area contributed by atoms with Crippen molar-refractivity contribution in [1.82, 2.24) is 0 Å². The molecule has 388 valence electrons. The molecular formula is C64H102N2O2Si2. The molecule has 0 fully saturated rings. The highest BCUT2D eigenvalue weighted by Crippen LogP contribution is 2.39. The van der Waals surface area contributed by atoms with E-state index in [4.69, 9.17) is 21.2 Å². The summed E-state index contributed by atoms with van der Waals surface area (Å²) in [5, 5.41) is 5.28. The maximum absolute atomic E-state index is 7.62. The highest BCUT2D eigenvalue weighted by atomic mass is 28.4. The molecule has 6 heteroatoms. The van der Waals surface area contributed by atoms with Gasteiger partial charge in [-0.05, 0) is 56.6 Å². The smallest absolute Gasteiger partial charge is 0.261 e. The summed E-state index contributed by atoms with van der Waals surface area (Å²) in [4.78, 5) is 3.81. The minimum absolute atomic E-state index is 0.0136. The normalized spacial score (nSPS) is 13.0. The molecule has 0 amide bonds. The van der Waals surface area contributed by atoms with E-state index in [9.17, 15) is 0 Å². The summed E-state index contributed by atoms with van der Waals surface area (Å²) in [7, 11) is -5.10. The van der Waals surface area contributed by atoms with Crippen molar-refractivity contribution in [2.24, 2.45) is 5.73 Å². The molecule has 4 rings (SSSR count). The van der Waals surface area contributed by atoms with E-state index in [1.54, 1.807) is 0 Å². The molecule has 0 heterocycles. The van der Waals surface area contributed by atoms with Gasteiger partial charge in [-0.2, -0.15) is 0 Å². The zero-order valence-electron chi connectivity index (χ0n) is 46.1. The Morgan fingerprint density at radius 2 is 0.657 bits per heavy atom. The molecule has 0 spiro atoms. The lowest BCUT2D eigenvalue weighted by molar-refractivity contribution is 0.166. The molecule has 4 aromatic rings. The Morgan fingerprint density at radius 3 is 0.914 bits per heavy atom. The Hall–Kier alpha value is -3.32. The van der Waals surface area contributed by atoms with E-state index >= 15 is 0 Å². The number of hydrogen-bond donors (Lipinski definition) is 1. The van der Waals surface area contributed by atoms with Gasteiger partial charge in [0.1, 0.15) is 6.10 Å². The highest BCUT2D eigenvalue weighted by Gasteiger charge is 2.52. The second kappa shape index (κ2) is 34.9. The minimum atomic E-state index is -2.59. The van der Waals surface area contributed by atoms with Gasteiger partial charge >= 0.3 is 0 Å². The highest BCUT2D eigenvalue weighted by molar-refractivity contribution is 7.00. The molecule has 70 heavy (non-hydrogen) atoms. The lowest BCUT2D eigenvalue weighted by atomic mass is 10.0. The van der Waals surface area contributed by atoms with Gasteiger partial charge in [-0.15, -0.1) is 0 Å². The van der Waals surface area contributed by atoms with E-state index in [1.165, 1.54) is 156 Å². The van der Waals surface area contributed by atoms with Gasteiger partial charge in [0.2, 0.25) is 6.54 Å². The molecule has 2 atom stereocenters. The van der Waals surface area contributed by atoms with Crippen molar-refractivity contribution in [3.05, 3.63) is 133 Å². The van der Waals surface area contributed by atoms with Crippen LogP contribution in [0.3, 0.4) is 0 Å². The monoisotopic (exact) mass is 987 g/mol. The van der Waals surface area contributed by atoms with Crippen molar-refractivity contribution in [2.75, 3.05) is 13.1 Å². The van der Waals surface area contributed by atoms with Crippen molar-refractivity contribution in [3.8, 4) is 0 Å². The Balaban J connectivity index is 0.000000370. The third kappa shape index (κ3) is 20.7. The summed E-state index contributed by atoms with van der Waals surface area (Å²) in [5.74, 6) is 0. The van der Waals surface area contributed by atoms with Crippen LogP contribution in [0.25, 0.3) is 4.85 Å². The molecule has 0 aromatic heterocycles. The van der Waals surface area contributed by atoms with Crippen molar-refractivity contribution < 1.29 is 8.85 Å². The predicted octanol–water partition coefficient (Wildman–Crippen LogP) is 16.5. The number of nitrogens with two attached hydrogens (primary N) is 1. The summed E-state index contributed by atoms with van der Waals surface area (Å²) in [6.07, 6.45) is 33.0. The third-order valence-electron chi connectivity index (χ3n) is 14.6. The average molecular weight is 988 g/mol. The number of benzene rings is 4. The molecule has 4 aromatic carbocycles. The average Bonchev–Trinajstić information content (AvgIpc) is 3.36. The van der Waals surface area contributed by atoms with Crippen LogP contribution in [0.1, 0.15) is 216 Å². The summed E-state index contributed by atoms with van der Waals surface area (Å²) in [5.41, 5.74) is 6.10. The lowest BCUT2D eigenvalue weighted by Gasteiger charge is -2.45. The molecule has 0 radical (unpaired) electrons. The third-order valence-corrected chi connectivity index (χ3v) is 24.7. The van der Waals surface area contributed by atoms with E-state index < -0.39 is 16.6 Å². The second-order valence-electron chi connectivity index (χ2n) is 22.4.